The highest BCUT2D eigenvalue weighted by atomic mass is 79.9. The Balaban J connectivity index is 2.19. The lowest BCUT2D eigenvalue weighted by molar-refractivity contribution is -0.386. The van der Waals surface area contributed by atoms with E-state index < -0.39 is 22.3 Å². The van der Waals surface area contributed by atoms with E-state index in [4.69, 9.17) is 0 Å². The third-order valence-electron chi connectivity index (χ3n) is 5.33. The molecular weight excluding hydrogens is 426 g/mol. The van der Waals surface area contributed by atoms with Crippen LogP contribution in [-0.2, 0) is 4.79 Å². The van der Waals surface area contributed by atoms with Crippen LogP contribution in [0.3, 0.4) is 0 Å². The normalized spacial score (nSPS) is 21.9. The number of halogens is 1. The molecule has 1 aromatic rings. The Morgan fingerprint density at radius 1 is 1.43 bits per heavy atom. The first kappa shape index (κ1) is 20.1. The molecule has 0 aromatic heterocycles. The van der Waals surface area contributed by atoms with Crippen molar-refractivity contribution < 1.29 is 14.8 Å². The Bertz CT molecular complexity index is 974. The number of hydrogen-bond acceptors (Lipinski definition) is 6. The molecule has 2 atom stereocenters. The molecule has 0 bridgehead atoms. The molecule has 3 rings (SSSR count). The number of nitrogens with one attached hydrogen (secondary N) is 1. The number of nitro benzene ring substituents is 1. The Kier molecular flexibility index (Phi) is 5.57. The number of nitriles is 1. The fraction of sp³-hybridized carbons (Fsp3) is 0.400. The van der Waals surface area contributed by atoms with Gasteiger partial charge in [0, 0.05) is 29.5 Å². The molecular formula is C20H20BrN3O4. The van der Waals surface area contributed by atoms with E-state index in [0.29, 0.717) is 35.2 Å². The van der Waals surface area contributed by atoms with Crippen molar-refractivity contribution in [1.82, 2.24) is 5.32 Å². The third kappa shape index (κ3) is 3.42. The largest absolute Gasteiger partial charge is 0.501 e. The summed E-state index contributed by atoms with van der Waals surface area (Å²) in [7, 11) is 0. The number of ketones is 1. The standard InChI is InChI=1S/C20H20BrN3O4/c1-3-4-11-5-15-19(17(25)6-11)18(13(9-22)10(2)23-15)12-7-14(21)20(26)16(8-12)24(27)28/h7-8,11,18,23,26H,3-6H2,1-2H3. The SMILES string of the molecule is CCCC1CC(=O)C2=C(C1)NC(C)=C(C#N)C2c1cc(Br)c(O)c([N+](=O)[O-])c1. The van der Waals surface area contributed by atoms with Gasteiger partial charge in [0.2, 0.25) is 5.75 Å². The van der Waals surface area contributed by atoms with E-state index in [1.807, 2.05) is 0 Å². The van der Waals surface area contributed by atoms with Crippen LogP contribution in [-0.4, -0.2) is 15.8 Å². The van der Waals surface area contributed by atoms with Crippen LogP contribution in [0.25, 0.3) is 0 Å². The number of aromatic hydroxyl groups is 1. The van der Waals surface area contributed by atoms with E-state index in [1.54, 1.807) is 13.0 Å². The molecule has 0 saturated carbocycles. The van der Waals surface area contributed by atoms with Gasteiger partial charge in [0.1, 0.15) is 0 Å². The zero-order valence-electron chi connectivity index (χ0n) is 15.6. The van der Waals surface area contributed by atoms with Gasteiger partial charge in [-0.15, -0.1) is 0 Å². The summed E-state index contributed by atoms with van der Waals surface area (Å²) in [5, 5.41) is 34.3. The van der Waals surface area contributed by atoms with E-state index in [2.05, 4.69) is 34.2 Å². The van der Waals surface area contributed by atoms with Gasteiger partial charge in [-0.1, -0.05) is 13.3 Å². The summed E-state index contributed by atoms with van der Waals surface area (Å²) in [4.78, 5) is 23.7. The van der Waals surface area contributed by atoms with Crippen LogP contribution < -0.4 is 5.32 Å². The van der Waals surface area contributed by atoms with Gasteiger partial charge in [0.05, 0.1) is 27.0 Å². The Morgan fingerprint density at radius 3 is 2.75 bits per heavy atom. The second kappa shape index (κ2) is 7.76. The number of nitro groups is 1. The molecule has 0 saturated heterocycles. The number of carbonyl (C=O) groups is 1. The zero-order valence-corrected chi connectivity index (χ0v) is 17.2. The van der Waals surface area contributed by atoms with E-state index >= 15 is 0 Å². The number of dihydropyridines is 1. The Labute approximate surface area is 171 Å². The Morgan fingerprint density at radius 2 is 2.14 bits per heavy atom. The van der Waals surface area contributed by atoms with Crippen LogP contribution in [0.15, 0.2) is 39.1 Å². The highest BCUT2D eigenvalue weighted by Crippen LogP contribution is 2.46. The van der Waals surface area contributed by atoms with Crippen molar-refractivity contribution in [2.75, 3.05) is 0 Å². The predicted molar refractivity (Wildman–Crippen MR) is 106 cm³/mol. The summed E-state index contributed by atoms with van der Waals surface area (Å²) in [5.41, 5.74) is 2.26. The highest BCUT2D eigenvalue weighted by molar-refractivity contribution is 9.10. The molecule has 0 spiro atoms. The maximum absolute atomic E-state index is 13.0. The topological polar surface area (TPSA) is 116 Å². The fourth-order valence-electron chi connectivity index (χ4n) is 4.12. The number of nitrogens with zero attached hydrogens (tertiary/aromatic N) is 2. The molecule has 2 aliphatic rings. The first-order valence-electron chi connectivity index (χ1n) is 9.09. The molecule has 2 unspecified atom stereocenters. The van der Waals surface area contributed by atoms with Crippen LogP contribution in [0.2, 0.25) is 0 Å². The summed E-state index contributed by atoms with van der Waals surface area (Å²) >= 11 is 3.15. The van der Waals surface area contributed by atoms with E-state index in [0.717, 1.165) is 18.5 Å². The van der Waals surface area contributed by atoms with E-state index in [9.17, 15) is 25.3 Å². The Hall–Kier alpha value is -2.66. The predicted octanol–water partition coefficient (Wildman–Crippen LogP) is 4.58. The second-order valence-corrected chi connectivity index (χ2v) is 8.07. The zero-order chi connectivity index (χ0) is 20.6. The van der Waals surface area contributed by atoms with Gasteiger partial charge in [-0.2, -0.15) is 5.26 Å². The number of allylic oxidation sites excluding steroid dienone is 4. The van der Waals surface area contributed by atoms with Crippen molar-refractivity contribution in [2.24, 2.45) is 5.92 Å². The van der Waals surface area contributed by atoms with Crippen molar-refractivity contribution in [2.45, 2.75) is 45.4 Å². The molecule has 0 radical (unpaired) electrons. The number of rotatable bonds is 4. The summed E-state index contributed by atoms with van der Waals surface area (Å²) in [5.74, 6) is -0.952. The van der Waals surface area contributed by atoms with Gasteiger partial charge in [0.15, 0.2) is 5.78 Å². The molecule has 7 nitrogen and oxygen atoms in total. The number of carbonyl (C=O) groups excluding carboxylic acids is 1. The minimum Gasteiger partial charge on any atom is -0.501 e. The molecule has 2 N–H and O–H groups in total. The van der Waals surface area contributed by atoms with Crippen molar-refractivity contribution in [3.8, 4) is 11.8 Å². The molecule has 0 fully saturated rings. The van der Waals surface area contributed by atoms with Crippen LogP contribution in [0.4, 0.5) is 5.69 Å². The average molecular weight is 446 g/mol. The van der Waals surface area contributed by atoms with Gasteiger partial charge in [0.25, 0.3) is 0 Å². The highest BCUT2D eigenvalue weighted by Gasteiger charge is 2.39. The van der Waals surface area contributed by atoms with Crippen molar-refractivity contribution in [3.05, 3.63) is 54.8 Å². The van der Waals surface area contributed by atoms with Crippen molar-refractivity contribution in [1.29, 1.82) is 5.26 Å². The van der Waals surface area contributed by atoms with Crippen LogP contribution in [0, 0.1) is 27.4 Å². The molecule has 1 aliphatic carbocycles. The summed E-state index contributed by atoms with van der Waals surface area (Å²) < 4.78 is 0.152. The van der Waals surface area contributed by atoms with Crippen LogP contribution >= 0.6 is 15.9 Å². The maximum Gasteiger partial charge on any atom is 0.312 e. The number of phenols is 1. The molecule has 8 heteroatoms. The molecule has 1 aliphatic heterocycles. The first-order valence-corrected chi connectivity index (χ1v) is 9.88. The van der Waals surface area contributed by atoms with Crippen molar-refractivity contribution in [3.63, 3.8) is 0 Å². The number of Topliss-reactive ketones (excluding diaryl/α,β-unsaturated/α-hetero) is 1. The second-order valence-electron chi connectivity index (χ2n) is 7.21. The minimum atomic E-state index is -0.688. The molecule has 0 amide bonds. The summed E-state index contributed by atoms with van der Waals surface area (Å²) in [6, 6.07) is 4.95. The van der Waals surface area contributed by atoms with Gasteiger partial charge in [-0.05, 0) is 53.2 Å². The summed E-state index contributed by atoms with van der Waals surface area (Å²) in [6.45, 7) is 3.85. The monoisotopic (exact) mass is 445 g/mol. The molecule has 1 heterocycles. The third-order valence-corrected chi connectivity index (χ3v) is 5.93. The van der Waals surface area contributed by atoms with Crippen LogP contribution in [0.1, 0.15) is 51.0 Å². The minimum absolute atomic E-state index is 0.0377. The number of phenolic OH excluding ortho intramolecular Hbond substituents is 1. The maximum atomic E-state index is 13.0. The molecule has 28 heavy (non-hydrogen) atoms. The van der Waals surface area contributed by atoms with Crippen molar-refractivity contribution >= 4 is 27.4 Å². The molecule has 146 valence electrons. The average Bonchev–Trinajstić information content (AvgIpc) is 2.62. The van der Waals surface area contributed by atoms with Gasteiger partial charge < -0.3 is 10.4 Å². The number of hydrogen-bond donors (Lipinski definition) is 2. The number of benzene rings is 1. The van der Waals surface area contributed by atoms with E-state index in [1.165, 1.54) is 6.07 Å². The summed E-state index contributed by atoms with van der Waals surface area (Å²) in [6.07, 6.45) is 3.05. The lowest BCUT2D eigenvalue weighted by atomic mass is 9.72. The van der Waals surface area contributed by atoms with Gasteiger partial charge in [-0.25, -0.2) is 0 Å². The lowest BCUT2D eigenvalue weighted by Crippen LogP contribution is -2.34. The van der Waals surface area contributed by atoms with Gasteiger partial charge in [-0.3, -0.25) is 14.9 Å². The molecule has 1 aromatic carbocycles. The lowest BCUT2D eigenvalue weighted by Gasteiger charge is -2.35. The van der Waals surface area contributed by atoms with Crippen LogP contribution in [0.5, 0.6) is 5.75 Å². The van der Waals surface area contributed by atoms with E-state index in [-0.39, 0.29) is 16.2 Å². The quantitative estimate of drug-likeness (QED) is 0.517. The van der Waals surface area contributed by atoms with Gasteiger partial charge >= 0.3 is 5.69 Å². The smallest absolute Gasteiger partial charge is 0.312 e. The first-order chi connectivity index (χ1) is 13.3. The fourth-order valence-corrected chi connectivity index (χ4v) is 4.59.